The molecule has 0 aliphatic carbocycles. The predicted octanol–water partition coefficient (Wildman–Crippen LogP) is 4.11. The molecular formula is C23H20ClF2N3O3S2. The summed E-state index contributed by atoms with van der Waals surface area (Å²) in [6, 6.07) is 4.79. The zero-order valence-corrected chi connectivity index (χ0v) is 20.3. The quantitative estimate of drug-likeness (QED) is 0.503. The maximum absolute atomic E-state index is 14.8. The summed E-state index contributed by atoms with van der Waals surface area (Å²) in [6.45, 7) is 1.03. The lowest BCUT2D eigenvalue weighted by atomic mass is 9.91. The fourth-order valence-electron chi connectivity index (χ4n) is 5.59. The van der Waals surface area contributed by atoms with Crippen LogP contribution < -0.4 is 10.6 Å². The van der Waals surface area contributed by atoms with Crippen molar-refractivity contribution in [2.75, 3.05) is 28.7 Å². The second-order valence-electron chi connectivity index (χ2n) is 9.04. The van der Waals surface area contributed by atoms with Crippen molar-refractivity contribution in [2.24, 2.45) is 5.92 Å². The molecule has 34 heavy (non-hydrogen) atoms. The van der Waals surface area contributed by atoms with Crippen LogP contribution in [-0.2, 0) is 16.4 Å². The SMILES string of the molecule is O=c1nc(N2CCC[C@H]3CS(=O)(=O)C[C@H]32)c2cc(Cl)c(-c3ccc(F)cc3F)c3c2n1CCS3. The number of benzene rings is 2. The first-order valence-electron chi connectivity index (χ1n) is 11.1. The highest BCUT2D eigenvalue weighted by Gasteiger charge is 2.44. The van der Waals surface area contributed by atoms with E-state index in [-0.39, 0.29) is 34.1 Å². The zero-order chi connectivity index (χ0) is 23.8. The third kappa shape index (κ3) is 3.45. The number of aromatic nitrogens is 2. The summed E-state index contributed by atoms with van der Waals surface area (Å²) in [7, 11) is -3.16. The number of thioether (sulfide) groups is 1. The average molecular weight is 524 g/mol. The van der Waals surface area contributed by atoms with Gasteiger partial charge in [0.15, 0.2) is 9.84 Å². The van der Waals surface area contributed by atoms with Gasteiger partial charge in [0.1, 0.15) is 17.5 Å². The lowest BCUT2D eigenvalue weighted by Crippen LogP contribution is -2.46. The van der Waals surface area contributed by atoms with Crippen molar-refractivity contribution >= 4 is 49.9 Å². The molecule has 0 N–H and O–H groups in total. The Hall–Kier alpha value is -2.17. The Labute approximate surface area is 203 Å². The summed E-state index contributed by atoms with van der Waals surface area (Å²) in [5.74, 6) is -0.221. The number of hydrogen-bond donors (Lipinski definition) is 0. The number of piperidine rings is 1. The van der Waals surface area contributed by atoms with Crippen LogP contribution in [0.4, 0.5) is 14.6 Å². The van der Waals surface area contributed by atoms with Gasteiger partial charge in [-0.25, -0.2) is 22.0 Å². The number of sulfone groups is 1. The Balaban J connectivity index is 1.62. The minimum Gasteiger partial charge on any atom is -0.352 e. The summed E-state index contributed by atoms with van der Waals surface area (Å²) in [4.78, 5) is 20.1. The molecule has 2 fully saturated rings. The third-order valence-electron chi connectivity index (χ3n) is 7.00. The van der Waals surface area contributed by atoms with Crippen LogP contribution in [0.25, 0.3) is 22.0 Å². The van der Waals surface area contributed by atoms with Gasteiger partial charge in [0.05, 0.1) is 22.0 Å². The molecule has 4 heterocycles. The molecule has 2 saturated heterocycles. The van der Waals surface area contributed by atoms with E-state index >= 15 is 0 Å². The number of fused-ring (bicyclic) bond motifs is 1. The van der Waals surface area contributed by atoms with Gasteiger partial charge < -0.3 is 4.90 Å². The highest BCUT2D eigenvalue weighted by Crippen LogP contribution is 2.47. The van der Waals surface area contributed by atoms with Crippen LogP contribution in [0, 0.1) is 17.6 Å². The van der Waals surface area contributed by atoms with Gasteiger partial charge in [-0.15, -0.1) is 11.8 Å². The molecule has 3 aromatic rings. The Kier molecular flexibility index (Phi) is 5.20. The van der Waals surface area contributed by atoms with Gasteiger partial charge in [-0.1, -0.05) is 11.6 Å². The van der Waals surface area contributed by atoms with Crippen molar-refractivity contribution in [3.63, 3.8) is 0 Å². The summed E-state index contributed by atoms with van der Waals surface area (Å²) in [5.41, 5.74) is 0.758. The van der Waals surface area contributed by atoms with E-state index in [1.54, 1.807) is 10.6 Å². The molecule has 0 unspecified atom stereocenters. The van der Waals surface area contributed by atoms with E-state index in [2.05, 4.69) is 4.98 Å². The van der Waals surface area contributed by atoms with Crippen LogP contribution in [0.5, 0.6) is 0 Å². The molecular weight excluding hydrogens is 504 g/mol. The number of rotatable bonds is 2. The zero-order valence-electron chi connectivity index (χ0n) is 17.9. The lowest BCUT2D eigenvalue weighted by Gasteiger charge is -2.38. The van der Waals surface area contributed by atoms with Gasteiger partial charge in [0, 0.05) is 52.4 Å². The maximum Gasteiger partial charge on any atom is 0.350 e. The molecule has 0 amide bonds. The minimum absolute atomic E-state index is 0.00263. The van der Waals surface area contributed by atoms with Crippen molar-refractivity contribution in [2.45, 2.75) is 30.3 Å². The highest BCUT2D eigenvalue weighted by atomic mass is 35.5. The first kappa shape index (κ1) is 22.3. The highest BCUT2D eigenvalue weighted by molar-refractivity contribution is 7.99. The van der Waals surface area contributed by atoms with E-state index in [9.17, 15) is 22.0 Å². The number of hydrogen-bond acceptors (Lipinski definition) is 6. The molecule has 0 radical (unpaired) electrons. The lowest BCUT2D eigenvalue weighted by molar-refractivity contribution is 0.384. The van der Waals surface area contributed by atoms with E-state index in [0.29, 0.717) is 46.0 Å². The normalized spacial score (nSPS) is 23.3. The van der Waals surface area contributed by atoms with Crippen molar-refractivity contribution in [1.29, 1.82) is 0 Å². The van der Waals surface area contributed by atoms with Crippen LogP contribution >= 0.6 is 23.4 Å². The van der Waals surface area contributed by atoms with E-state index in [0.717, 1.165) is 18.9 Å². The molecule has 3 aliphatic heterocycles. The fraction of sp³-hybridized carbons (Fsp3) is 0.391. The molecule has 0 saturated carbocycles. The van der Waals surface area contributed by atoms with Gasteiger partial charge in [-0.05, 0) is 37.0 Å². The Morgan fingerprint density at radius 3 is 2.76 bits per heavy atom. The fourth-order valence-corrected chi connectivity index (χ4v) is 9.30. The van der Waals surface area contributed by atoms with Crippen LogP contribution in [0.1, 0.15) is 12.8 Å². The van der Waals surface area contributed by atoms with Gasteiger partial charge >= 0.3 is 5.69 Å². The molecule has 3 aliphatic rings. The molecule has 11 heteroatoms. The Morgan fingerprint density at radius 1 is 1.15 bits per heavy atom. The molecule has 178 valence electrons. The van der Waals surface area contributed by atoms with E-state index in [1.165, 1.54) is 23.9 Å². The third-order valence-corrected chi connectivity index (χ3v) is 10.2. The molecule has 1 aromatic heterocycles. The summed E-state index contributed by atoms with van der Waals surface area (Å²) < 4.78 is 54.7. The van der Waals surface area contributed by atoms with Crippen molar-refractivity contribution in [3.05, 3.63) is 51.4 Å². The van der Waals surface area contributed by atoms with Crippen LogP contribution in [0.15, 0.2) is 34.0 Å². The second kappa shape index (κ2) is 7.93. The summed E-state index contributed by atoms with van der Waals surface area (Å²) in [5, 5.41) is 0.909. The monoisotopic (exact) mass is 523 g/mol. The number of aryl methyl sites for hydroxylation is 1. The molecule has 6 rings (SSSR count). The molecule has 2 aromatic carbocycles. The van der Waals surface area contributed by atoms with Gasteiger partial charge in [-0.3, -0.25) is 4.57 Å². The minimum atomic E-state index is -3.16. The van der Waals surface area contributed by atoms with E-state index in [4.69, 9.17) is 11.6 Å². The number of anilines is 1. The summed E-state index contributed by atoms with van der Waals surface area (Å²) >= 11 is 8.18. The maximum atomic E-state index is 14.8. The second-order valence-corrected chi connectivity index (χ2v) is 12.7. The first-order chi connectivity index (χ1) is 16.2. The average Bonchev–Trinajstić information content (AvgIpc) is 3.11. The van der Waals surface area contributed by atoms with E-state index in [1.807, 2.05) is 4.90 Å². The van der Waals surface area contributed by atoms with Crippen molar-refractivity contribution < 1.29 is 17.2 Å². The smallest absolute Gasteiger partial charge is 0.350 e. The van der Waals surface area contributed by atoms with Crippen LogP contribution in [-0.4, -0.2) is 47.8 Å². The van der Waals surface area contributed by atoms with Gasteiger partial charge in [-0.2, -0.15) is 4.98 Å². The Bertz CT molecular complexity index is 1530. The molecule has 2 atom stereocenters. The number of halogens is 3. The molecule has 6 nitrogen and oxygen atoms in total. The van der Waals surface area contributed by atoms with E-state index < -0.39 is 27.2 Å². The largest absolute Gasteiger partial charge is 0.352 e. The van der Waals surface area contributed by atoms with Crippen LogP contribution in [0.3, 0.4) is 0 Å². The topological polar surface area (TPSA) is 72.3 Å². The predicted molar refractivity (Wildman–Crippen MR) is 130 cm³/mol. The van der Waals surface area contributed by atoms with Crippen LogP contribution in [0.2, 0.25) is 5.02 Å². The van der Waals surface area contributed by atoms with Gasteiger partial charge in [0.2, 0.25) is 0 Å². The number of nitrogens with zero attached hydrogens (tertiary/aromatic N) is 3. The van der Waals surface area contributed by atoms with Crippen molar-refractivity contribution in [1.82, 2.24) is 9.55 Å². The Morgan fingerprint density at radius 2 is 1.97 bits per heavy atom. The first-order valence-corrected chi connectivity index (χ1v) is 14.2. The summed E-state index contributed by atoms with van der Waals surface area (Å²) in [6.07, 6.45) is 1.63. The van der Waals surface area contributed by atoms with Gasteiger partial charge in [0.25, 0.3) is 0 Å². The standard InChI is InChI=1S/C23H20ClF2N3O3S2/c24-16-9-15-20-21(19(16)14-4-3-13(25)8-17(14)26)33-7-6-29(20)23(30)27-22(15)28-5-1-2-12-10-34(31,32)11-18(12)28/h3-4,8-9,12,18H,1-2,5-7,10-11H2/t12-,18+/m0/s1. The van der Waals surface area contributed by atoms with Crippen molar-refractivity contribution in [3.8, 4) is 11.1 Å². The molecule has 0 spiro atoms. The molecule has 0 bridgehead atoms.